The van der Waals surface area contributed by atoms with Crippen LogP contribution >= 0.6 is 0 Å². The average molecular weight is 394 g/mol. The molecule has 0 N–H and O–H groups in total. The average Bonchev–Trinajstić information content (AvgIpc) is 2.71. The van der Waals surface area contributed by atoms with Gasteiger partial charge in [-0.3, -0.25) is 14.9 Å². The van der Waals surface area contributed by atoms with Gasteiger partial charge >= 0.3 is 5.97 Å². The highest BCUT2D eigenvalue weighted by atomic mass is 16.6. The predicted octanol–water partition coefficient (Wildman–Crippen LogP) is 3.95. The molecule has 2 aromatic rings. The second kappa shape index (κ2) is 8.68. The number of esters is 1. The molecule has 0 aliphatic carbocycles. The zero-order valence-corrected chi connectivity index (χ0v) is 16.3. The fraction of sp³-hybridized carbons (Fsp3) is 0.273. The maximum Gasteiger partial charge on any atom is 0.336 e. The van der Waals surface area contributed by atoms with E-state index in [4.69, 9.17) is 4.74 Å². The smallest absolute Gasteiger partial charge is 0.336 e. The normalized spacial score (nSPS) is 16.7. The molecule has 0 saturated carbocycles. The van der Waals surface area contributed by atoms with Gasteiger partial charge in [0, 0.05) is 30.2 Å². The Kier molecular flexibility index (Phi) is 6.07. The van der Waals surface area contributed by atoms with Gasteiger partial charge in [0.25, 0.3) is 5.69 Å². The highest BCUT2D eigenvalue weighted by Gasteiger charge is 2.36. The van der Waals surface area contributed by atoms with Crippen molar-refractivity contribution in [1.29, 1.82) is 0 Å². The first-order valence-electron chi connectivity index (χ1n) is 9.39. The Labute approximate surface area is 168 Å². The number of non-ortho nitro benzene ring substituents is 1. The minimum absolute atomic E-state index is 0.0404. The Morgan fingerprint density at radius 3 is 2.59 bits per heavy atom. The van der Waals surface area contributed by atoms with E-state index >= 15 is 0 Å². The van der Waals surface area contributed by atoms with Crippen molar-refractivity contribution < 1.29 is 19.2 Å². The quantitative estimate of drug-likeness (QED) is 0.420. The van der Waals surface area contributed by atoms with E-state index in [1.54, 1.807) is 26.0 Å². The lowest BCUT2D eigenvalue weighted by molar-refractivity contribution is -0.384. The maximum absolute atomic E-state index is 12.9. The van der Waals surface area contributed by atoms with Gasteiger partial charge in [0.1, 0.15) is 0 Å². The second-order valence-electron chi connectivity index (χ2n) is 6.79. The van der Waals surface area contributed by atoms with E-state index in [1.165, 1.54) is 17.0 Å². The maximum atomic E-state index is 12.9. The molecule has 7 heteroatoms. The highest BCUT2D eigenvalue weighted by molar-refractivity contribution is 5.95. The number of amides is 1. The Bertz CT molecular complexity index is 968. The van der Waals surface area contributed by atoms with E-state index in [1.807, 2.05) is 30.3 Å². The molecule has 0 aromatic heterocycles. The minimum Gasteiger partial charge on any atom is -0.463 e. The van der Waals surface area contributed by atoms with Crippen molar-refractivity contribution in [2.75, 3.05) is 6.61 Å². The molecule has 2 aromatic carbocycles. The molecule has 150 valence electrons. The van der Waals surface area contributed by atoms with Gasteiger partial charge in [-0.2, -0.15) is 0 Å². The topological polar surface area (TPSA) is 89.8 Å². The van der Waals surface area contributed by atoms with Crippen molar-refractivity contribution in [1.82, 2.24) is 4.90 Å². The molecule has 1 aliphatic rings. The van der Waals surface area contributed by atoms with Crippen molar-refractivity contribution in [3.05, 3.63) is 87.1 Å². The Morgan fingerprint density at radius 1 is 1.21 bits per heavy atom. The van der Waals surface area contributed by atoms with Gasteiger partial charge in [0.15, 0.2) is 0 Å². The summed E-state index contributed by atoms with van der Waals surface area (Å²) in [5, 5.41) is 11.0. The standard InChI is InChI=1S/C22H22N2O5/c1-3-29-22(26)21-15(2)23(14-16-8-7-11-18(12-16)24(27)28)20(25)13-19(21)17-9-5-4-6-10-17/h4-12,19H,3,13-14H2,1-2H3. The Hall–Kier alpha value is -3.48. The fourth-order valence-corrected chi connectivity index (χ4v) is 3.60. The molecule has 1 aliphatic heterocycles. The van der Waals surface area contributed by atoms with Gasteiger partial charge in [-0.05, 0) is 25.0 Å². The van der Waals surface area contributed by atoms with Gasteiger partial charge in [-0.25, -0.2) is 4.79 Å². The van der Waals surface area contributed by atoms with E-state index in [9.17, 15) is 19.7 Å². The van der Waals surface area contributed by atoms with Crippen molar-refractivity contribution in [3.63, 3.8) is 0 Å². The number of carbonyl (C=O) groups excluding carboxylic acids is 2. The van der Waals surface area contributed by atoms with Crippen LogP contribution in [0.5, 0.6) is 0 Å². The van der Waals surface area contributed by atoms with E-state index < -0.39 is 10.9 Å². The molecular formula is C22H22N2O5. The first-order chi connectivity index (χ1) is 13.9. The van der Waals surface area contributed by atoms with E-state index in [0.717, 1.165) is 5.56 Å². The predicted molar refractivity (Wildman–Crippen MR) is 107 cm³/mol. The molecule has 1 unspecified atom stereocenters. The summed E-state index contributed by atoms with van der Waals surface area (Å²) in [6.07, 6.45) is 0.129. The lowest BCUT2D eigenvalue weighted by Crippen LogP contribution is -2.38. The van der Waals surface area contributed by atoms with Gasteiger partial charge in [-0.15, -0.1) is 0 Å². The number of hydrogen-bond acceptors (Lipinski definition) is 5. The van der Waals surface area contributed by atoms with Crippen LogP contribution in [-0.2, 0) is 20.9 Å². The van der Waals surface area contributed by atoms with E-state index in [2.05, 4.69) is 0 Å². The molecule has 1 amide bonds. The zero-order chi connectivity index (χ0) is 21.0. The number of hydrogen-bond donors (Lipinski definition) is 0. The molecule has 7 nitrogen and oxygen atoms in total. The second-order valence-corrected chi connectivity index (χ2v) is 6.79. The molecule has 0 bridgehead atoms. The summed E-state index contributed by atoms with van der Waals surface area (Å²) in [6.45, 7) is 3.84. The molecule has 3 rings (SSSR count). The Balaban J connectivity index is 2.01. The van der Waals surface area contributed by atoms with Crippen molar-refractivity contribution in [3.8, 4) is 0 Å². The van der Waals surface area contributed by atoms with Crippen LogP contribution in [0.2, 0.25) is 0 Å². The van der Waals surface area contributed by atoms with Gasteiger partial charge in [0.2, 0.25) is 5.91 Å². The summed E-state index contributed by atoms with van der Waals surface area (Å²) in [4.78, 5) is 37.8. The van der Waals surface area contributed by atoms with Gasteiger partial charge in [-0.1, -0.05) is 42.5 Å². The molecule has 0 saturated heterocycles. The lowest BCUT2D eigenvalue weighted by atomic mass is 9.83. The first kappa shape index (κ1) is 20.3. The number of allylic oxidation sites excluding steroid dienone is 1. The van der Waals surface area contributed by atoms with Gasteiger partial charge < -0.3 is 9.64 Å². The number of nitro groups is 1. The van der Waals surface area contributed by atoms with E-state index in [0.29, 0.717) is 16.8 Å². The summed E-state index contributed by atoms with van der Waals surface area (Å²) in [5.74, 6) is -0.976. The molecule has 1 atom stereocenters. The summed E-state index contributed by atoms with van der Waals surface area (Å²) >= 11 is 0. The highest BCUT2D eigenvalue weighted by Crippen LogP contribution is 2.37. The minimum atomic E-state index is -0.473. The third-order valence-electron chi connectivity index (χ3n) is 4.98. The van der Waals surface area contributed by atoms with Crippen molar-refractivity contribution in [2.45, 2.75) is 32.7 Å². The summed E-state index contributed by atoms with van der Waals surface area (Å²) in [7, 11) is 0. The van der Waals surface area contributed by atoms with Crippen LogP contribution in [-0.4, -0.2) is 28.3 Å². The van der Waals surface area contributed by atoms with Crippen LogP contribution in [0.4, 0.5) is 5.69 Å². The number of carbonyl (C=O) groups is 2. The SMILES string of the molecule is CCOC(=O)C1=C(C)N(Cc2cccc([N+](=O)[O-])c2)C(=O)CC1c1ccccc1. The van der Waals surface area contributed by atoms with Crippen molar-refractivity contribution >= 4 is 17.6 Å². The van der Waals surface area contributed by atoms with Crippen LogP contribution in [0.15, 0.2) is 65.9 Å². The number of benzene rings is 2. The summed E-state index contributed by atoms with van der Waals surface area (Å²) < 4.78 is 5.26. The van der Waals surface area contributed by atoms with Crippen LogP contribution in [0.1, 0.15) is 37.3 Å². The number of nitrogens with zero attached hydrogens (tertiary/aromatic N) is 2. The lowest BCUT2D eigenvalue weighted by Gasteiger charge is -2.34. The van der Waals surface area contributed by atoms with Crippen molar-refractivity contribution in [2.24, 2.45) is 0 Å². The zero-order valence-electron chi connectivity index (χ0n) is 16.3. The first-order valence-corrected chi connectivity index (χ1v) is 9.39. The third kappa shape index (κ3) is 4.34. The molecule has 0 radical (unpaired) electrons. The van der Waals surface area contributed by atoms with Crippen LogP contribution in [0.25, 0.3) is 0 Å². The molecule has 0 spiro atoms. The largest absolute Gasteiger partial charge is 0.463 e. The molecule has 1 heterocycles. The van der Waals surface area contributed by atoms with Gasteiger partial charge in [0.05, 0.1) is 23.6 Å². The molecular weight excluding hydrogens is 372 g/mol. The fourth-order valence-electron chi connectivity index (χ4n) is 3.60. The summed E-state index contributed by atoms with van der Waals surface area (Å²) in [6, 6.07) is 15.5. The van der Waals surface area contributed by atoms with Crippen LogP contribution in [0.3, 0.4) is 0 Å². The number of ether oxygens (including phenoxy) is 1. The monoisotopic (exact) mass is 394 g/mol. The van der Waals surface area contributed by atoms with E-state index in [-0.39, 0.29) is 37.1 Å². The third-order valence-corrected chi connectivity index (χ3v) is 4.98. The summed E-state index contributed by atoms with van der Waals surface area (Å²) in [5.41, 5.74) is 2.41. The van der Waals surface area contributed by atoms with Crippen LogP contribution in [0, 0.1) is 10.1 Å². The van der Waals surface area contributed by atoms with Crippen LogP contribution < -0.4 is 0 Å². The molecule has 0 fully saturated rings. The number of nitro benzene ring substituents is 1. The Morgan fingerprint density at radius 2 is 1.93 bits per heavy atom. The molecule has 29 heavy (non-hydrogen) atoms. The number of rotatable bonds is 6.